The molecule has 0 radical (unpaired) electrons. The Morgan fingerprint density at radius 2 is 1.59 bits per heavy atom. The Labute approximate surface area is 158 Å². The molecule has 5 nitrogen and oxygen atoms in total. The fraction of sp³-hybridized carbons (Fsp3) is 0.182. The fourth-order valence-corrected chi connectivity index (χ4v) is 2.98. The number of hydrogen-bond donors (Lipinski definition) is 2. The number of para-hydroxylation sites is 1. The van der Waals surface area contributed by atoms with Gasteiger partial charge in [-0.3, -0.25) is 9.59 Å². The normalized spacial score (nSPS) is 10.6. The number of phenols is 1. The Morgan fingerprint density at radius 3 is 2.37 bits per heavy atom. The standard InChI is InChI=1S/C22H22N2O3/c1-24(16-8-3-2-4-9-16)22(27)15-7-14-21(26)23-19-12-5-11-18-17(19)10-6-13-20(18)25/h2-6,8-13,25H,7,14-15H2,1H3,(H,23,26). The monoisotopic (exact) mass is 362 g/mol. The molecule has 2 N–H and O–H groups in total. The maximum atomic E-state index is 12.3. The Balaban J connectivity index is 1.55. The number of aromatic hydroxyl groups is 1. The van der Waals surface area contributed by atoms with Gasteiger partial charge >= 0.3 is 0 Å². The third-order valence-corrected chi connectivity index (χ3v) is 4.49. The van der Waals surface area contributed by atoms with E-state index < -0.39 is 0 Å². The van der Waals surface area contributed by atoms with Crippen molar-refractivity contribution < 1.29 is 14.7 Å². The summed E-state index contributed by atoms with van der Waals surface area (Å²) in [5, 5.41) is 14.3. The van der Waals surface area contributed by atoms with Crippen molar-refractivity contribution >= 4 is 34.0 Å². The summed E-state index contributed by atoms with van der Waals surface area (Å²) in [6.45, 7) is 0. The summed E-state index contributed by atoms with van der Waals surface area (Å²) < 4.78 is 0. The number of nitrogens with zero attached hydrogens (tertiary/aromatic N) is 1. The fourth-order valence-electron chi connectivity index (χ4n) is 2.98. The summed E-state index contributed by atoms with van der Waals surface area (Å²) in [6.07, 6.45) is 1.02. The number of carbonyl (C=O) groups excluding carboxylic acids is 2. The quantitative estimate of drug-likeness (QED) is 0.686. The first-order chi connectivity index (χ1) is 13.1. The largest absolute Gasteiger partial charge is 0.507 e. The van der Waals surface area contributed by atoms with Crippen LogP contribution in [0, 0.1) is 0 Å². The van der Waals surface area contributed by atoms with E-state index >= 15 is 0 Å². The zero-order valence-corrected chi connectivity index (χ0v) is 15.2. The van der Waals surface area contributed by atoms with Gasteiger partial charge in [-0.15, -0.1) is 0 Å². The highest BCUT2D eigenvalue weighted by Crippen LogP contribution is 2.29. The van der Waals surface area contributed by atoms with E-state index in [1.807, 2.05) is 36.4 Å². The number of nitrogens with one attached hydrogen (secondary N) is 1. The van der Waals surface area contributed by atoms with E-state index in [0.717, 1.165) is 11.1 Å². The number of phenolic OH excluding ortho intramolecular Hbond substituents is 1. The first-order valence-electron chi connectivity index (χ1n) is 8.88. The van der Waals surface area contributed by atoms with Crippen LogP contribution in [0.3, 0.4) is 0 Å². The highest BCUT2D eigenvalue weighted by molar-refractivity contribution is 6.04. The lowest BCUT2D eigenvalue weighted by atomic mass is 10.1. The van der Waals surface area contributed by atoms with E-state index in [2.05, 4.69) is 5.32 Å². The Hall–Kier alpha value is -3.34. The summed E-state index contributed by atoms with van der Waals surface area (Å²) >= 11 is 0. The molecule has 3 aromatic carbocycles. The lowest BCUT2D eigenvalue weighted by Gasteiger charge is -2.17. The maximum Gasteiger partial charge on any atom is 0.226 e. The zero-order chi connectivity index (χ0) is 19.2. The smallest absolute Gasteiger partial charge is 0.226 e. The van der Waals surface area contributed by atoms with E-state index in [-0.39, 0.29) is 24.0 Å². The van der Waals surface area contributed by atoms with Crippen LogP contribution < -0.4 is 10.2 Å². The summed E-state index contributed by atoms with van der Waals surface area (Å²) in [7, 11) is 1.74. The number of amides is 2. The second-order valence-electron chi connectivity index (χ2n) is 6.37. The van der Waals surface area contributed by atoms with E-state index in [0.29, 0.717) is 23.9 Å². The molecule has 2 amide bonds. The lowest BCUT2D eigenvalue weighted by Crippen LogP contribution is -2.26. The number of fused-ring (bicyclic) bond motifs is 1. The van der Waals surface area contributed by atoms with Crippen molar-refractivity contribution in [1.29, 1.82) is 0 Å². The van der Waals surface area contributed by atoms with Crippen LogP contribution in [0.2, 0.25) is 0 Å². The predicted octanol–water partition coefficient (Wildman–Crippen LogP) is 4.32. The number of anilines is 2. The number of benzene rings is 3. The van der Waals surface area contributed by atoms with E-state index in [9.17, 15) is 14.7 Å². The minimum Gasteiger partial charge on any atom is -0.507 e. The number of carbonyl (C=O) groups is 2. The van der Waals surface area contributed by atoms with Crippen molar-refractivity contribution in [2.75, 3.05) is 17.3 Å². The summed E-state index contributed by atoms with van der Waals surface area (Å²) in [5.74, 6) is 0.00300. The van der Waals surface area contributed by atoms with E-state index in [1.54, 1.807) is 42.3 Å². The molecular formula is C22H22N2O3. The van der Waals surface area contributed by atoms with Gasteiger partial charge in [-0.25, -0.2) is 0 Å². The van der Waals surface area contributed by atoms with Gasteiger partial charge in [0.15, 0.2) is 0 Å². The highest BCUT2D eigenvalue weighted by Gasteiger charge is 2.12. The predicted molar refractivity (Wildman–Crippen MR) is 108 cm³/mol. The van der Waals surface area contributed by atoms with Crippen LogP contribution in [0.4, 0.5) is 11.4 Å². The van der Waals surface area contributed by atoms with Gasteiger partial charge in [-0.2, -0.15) is 0 Å². The lowest BCUT2D eigenvalue weighted by molar-refractivity contribution is -0.118. The molecule has 27 heavy (non-hydrogen) atoms. The first-order valence-corrected chi connectivity index (χ1v) is 8.88. The van der Waals surface area contributed by atoms with Gasteiger partial charge in [-0.1, -0.05) is 42.5 Å². The molecule has 0 spiro atoms. The van der Waals surface area contributed by atoms with Gasteiger partial charge in [0, 0.05) is 42.0 Å². The average molecular weight is 362 g/mol. The molecule has 0 saturated heterocycles. The molecule has 0 bridgehead atoms. The van der Waals surface area contributed by atoms with Crippen molar-refractivity contribution in [3.05, 3.63) is 66.7 Å². The molecule has 5 heteroatoms. The maximum absolute atomic E-state index is 12.3. The number of rotatable bonds is 6. The third kappa shape index (κ3) is 4.44. The molecule has 3 rings (SSSR count). The molecule has 0 aromatic heterocycles. The number of hydrogen-bond acceptors (Lipinski definition) is 3. The molecule has 0 aliphatic rings. The van der Waals surface area contributed by atoms with Crippen molar-refractivity contribution in [2.24, 2.45) is 0 Å². The molecular weight excluding hydrogens is 340 g/mol. The van der Waals surface area contributed by atoms with E-state index in [4.69, 9.17) is 0 Å². The molecule has 0 heterocycles. The minimum absolute atomic E-state index is 0.0240. The van der Waals surface area contributed by atoms with Gasteiger partial charge in [0.2, 0.25) is 11.8 Å². The molecule has 3 aromatic rings. The molecule has 0 aliphatic heterocycles. The van der Waals surface area contributed by atoms with Crippen LogP contribution in [0.1, 0.15) is 19.3 Å². The van der Waals surface area contributed by atoms with Gasteiger partial charge in [0.1, 0.15) is 5.75 Å². The Bertz CT molecular complexity index is 954. The SMILES string of the molecule is CN(C(=O)CCCC(=O)Nc1cccc2c(O)cccc12)c1ccccc1. The minimum atomic E-state index is -0.152. The van der Waals surface area contributed by atoms with Gasteiger partial charge in [0.25, 0.3) is 0 Å². The topological polar surface area (TPSA) is 69.6 Å². The summed E-state index contributed by atoms with van der Waals surface area (Å²) in [5.41, 5.74) is 1.49. The highest BCUT2D eigenvalue weighted by atomic mass is 16.3. The van der Waals surface area contributed by atoms with E-state index in [1.165, 1.54) is 0 Å². The van der Waals surface area contributed by atoms with Crippen molar-refractivity contribution in [3.8, 4) is 5.75 Å². The molecule has 0 fully saturated rings. The average Bonchev–Trinajstić information content (AvgIpc) is 2.69. The first kappa shape index (κ1) is 18.5. The molecule has 0 atom stereocenters. The van der Waals surface area contributed by atoms with Gasteiger partial charge in [0.05, 0.1) is 0 Å². The van der Waals surface area contributed by atoms with Crippen LogP contribution in [0.25, 0.3) is 10.8 Å². The molecule has 0 unspecified atom stereocenters. The molecule has 138 valence electrons. The van der Waals surface area contributed by atoms with Crippen molar-refractivity contribution in [1.82, 2.24) is 0 Å². The molecule has 0 saturated carbocycles. The van der Waals surface area contributed by atoms with Crippen LogP contribution >= 0.6 is 0 Å². The summed E-state index contributed by atoms with van der Waals surface area (Å²) in [4.78, 5) is 26.1. The molecule has 0 aliphatic carbocycles. The zero-order valence-electron chi connectivity index (χ0n) is 15.2. The Morgan fingerprint density at radius 1 is 0.889 bits per heavy atom. The van der Waals surface area contributed by atoms with Crippen molar-refractivity contribution in [3.63, 3.8) is 0 Å². The van der Waals surface area contributed by atoms with Crippen LogP contribution in [-0.2, 0) is 9.59 Å². The summed E-state index contributed by atoms with van der Waals surface area (Å²) in [6, 6.07) is 20.0. The van der Waals surface area contributed by atoms with Crippen LogP contribution in [0.15, 0.2) is 66.7 Å². The second kappa shape index (κ2) is 8.36. The van der Waals surface area contributed by atoms with Crippen LogP contribution in [-0.4, -0.2) is 24.0 Å². The second-order valence-corrected chi connectivity index (χ2v) is 6.37. The van der Waals surface area contributed by atoms with Crippen LogP contribution in [0.5, 0.6) is 5.75 Å². The van der Waals surface area contributed by atoms with Gasteiger partial charge in [-0.05, 0) is 30.7 Å². The third-order valence-electron chi connectivity index (χ3n) is 4.49. The van der Waals surface area contributed by atoms with Crippen molar-refractivity contribution in [2.45, 2.75) is 19.3 Å². The Kier molecular flexibility index (Phi) is 5.71. The van der Waals surface area contributed by atoms with Gasteiger partial charge < -0.3 is 15.3 Å².